The molecule has 2 aromatic carbocycles. The number of hydrogen-bond acceptors (Lipinski definition) is 4. The SMILES string of the molecule is C=CCN1C(=O)/C(=C/c2cc(Br)c(OCc3ccc(C)cc3)c(I)c2)C(=O)NC1=S. The summed E-state index contributed by atoms with van der Waals surface area (Å²) in [5.41, 5.74) is 2.97. The van der Waals surface area contributed by atoms with Gasteiger partial charge in [0.25, 0.3) is 11.8 Å². The van der Waals surface area contributed by atoms with E-state index in [-0.39, 0.29) is 17.2 Å². The number of nitrogens with zero attached hydrogens (tertiary/aromatic N) is 1. The number of nitrogens with one attached hydrogen (secondary N) is 1. The third kappa shape index (κ3) is 5.16. The zero-order valence-electron chi connectivity index (χ0n) is 16.1. The first-order chi connectivity index (χ1) is 14.3. The van der Waals surface area contributed by atoms with Crippen molar-refractivity contribution in [2.75, 3.05) is 6.54 Å². The smallest absolute Gasteiger partial charge is 0.265 e. The van der Waals surface area contributed by atoms with Crippen LogP contribution in [0.3, 0.4) is 0 Å². The summed E-state index contributed by atoms with van der Waals surface area (Å²) >= 11 is 10.8. The van der Waals surface area contributed by atoms with Crippen LogP contribution in [0.25, 0.3) is 6.08 Å². The van der Waals surface area contributed by atoms with Gasteiger partial charge in [0.2, 0.25) is 0 Å². The molecule has 30 heavy (non-hydrogen) atoms. The number of carbonyl (C=O) groups excluding carboxylic acids is 2. The third-order valence-electron chi connectivity index (χ3n) is 4.33. The van der Waals surface area contributed by atoms with Gasteiger partial charge in [0.15, 0.2) is 5.11 Å². The Bertz CT molecular complexity index is 1040. The monoisotopic (exact) mass is 596 g/mol. The molecule has 1 heterocycles. The molecule has 8 heteroatoms. The lowest BCUT2D eigenvalue weighted by Gasteiger charge is -2.27. The lowest BCUT2D eigenvalue weighted by Crippen LogP contribution is -2.53. The first-order valence-corrected chi connectivity index (χ1v) is 11.3. The summed E-state index contributed by atoms with van der Waals surface area (Å²) in [6.45, 7) is 6.32. The van der Waals surface area contributed by atoms with Crippen LogP contribution in [0.2, 0.25) is 0 Å². The molecule has 0 aromatic heterocycles. The molecule has 0 aliphatic carbocycles. The number of halogens is 2. The molecule has 1 fully saturated rings. The number of hydrogen-bond donors (Lipinski definition) is 1. The number of carbonyl (C=O) groups is 2. The summed E-state index contributed by atoms with van der Waals surface area (Å²) in [6, 6.07) is 11.8. The van der Waals surface area contributed by atoms with E-state index in [1.54, 1.807) is 12.2 Å². The zero-order chi connectivity index (χ0) is 21.8. The van der Waals surface area contributed by atoms with E-state index in [2.05, 4.69) is 50.4 Å². The molecule has 0 bridgehead atoms. The summed E-state index contributed by atoms with van der Waals surface area (Å²) < 4.78 is 7.57. The molecular weight excluding hydrogens is 579 g/mol. The van der Waals surface area contributed by atoms with Crippen molar-refractivity contribution in [2.24, 2.45) is 0 Å². The summed E-state index contributed by atoms with van der Waals surface area (Å²) in [5.74, 6) is -0.266. The summed E-state index contributed by atoms with van der Waals surface area (Å²) in [5, 5.41) is 2.62. The maximum Gasteiger partial charge on any atom is 0.265 e. The van der Waals surface area contributed by atoms with Gasteiger partial charge in [-0.15, -0.1) is 6.58 Å². The molecule has 2 amide bonds. The normalized spacial score (nSPS) is 15.4. The molecule has 0 saturated carbocycles. The quantitative estimate of drug-likeness (QED) is 0.172. The van der Waals surface area contributed by atoms with Crippen LogP contribution in [0.1, 0.15) is 16.7 Å². The van der Waals surface area contributed by atoms with Gasteiger partial charge in [0, 0.05) is 6.54 Å². The van der Waals surface area contributed by atoms with Gasteiger partial charge in [-0.1, -0.05) is 35.9 Å². The van der Waals surface area contributed by atoms with Crippen molar-refractivity contribution in [3.8, 4) is 5.75 Å². The molecule has 0 spiro atoms. The third-order valence-corrected chi connectivity index (χ3v) is 6.05. The Labute approximate surface area is 202 Å². The number of benzene rings is 2. The van der Waals surface area contributed by atoms with Gasteiger partial charge in [-0.05, 0) is 87.0 Å². The number of rotatable bonds is 6. The molecule has 2 aromatic rings. The van der Waals surface area contributed by atoms with E-state index in [9.17, 15) is 9.59 Å². The van der Waals surface area contributed by atoms with E-state index < -0.39 is 11.8 Å². The summed E-state index contributed by atoms with van der Waals surface area (Å²) in [6.07, 6.45) is 3.10. The number of amides is 2. The van der Waals surface area contributed by atoms with E-state index in [1.807, 2.05) is 43.3 Å². The van der Waals surface area contributed by atoms with Gasteiger partial charge in [-0.25, -0.2) is 0 Å². The van der Waals surface area contributed by atoms with Crippen molar-refractivity contribution in [3.05, 3.63) is 79.4 Å². The van der Waals surface area contributed by atoms with Gasteiger partial charge in [0.05, 0.1) is 8.04 Å². The maximum atomic E-state index is 12.7. The molecule has 3 rings (SSSR count). The van der Waals surface area contributed by atoms with Gasteiger partial charge in [-0.3, -0.25) is 19.8 Å². The minimum absolute atomic E-state index is 0.0153. The molecule has 0 radical (unpaired) electrons. The van der Waals surface area contributed by atoms with Crippen molar-refractivity contribution in [1.82, 2.24) is 10.2 Å². The van der Waals surface area contributed by atoms with Crippen LogP contribution in [0.15, 0.2) is 59.1 Å². The number of thiocarbonyl (C=S) groups is 1. The molecule has 1 aliphatic heterocycles. The standard InChI is InChI=1S/C22H18BrIN2O3S/c1-3-8-26-21(28)16(20(27)25-22(26)30)9-15-10-17(23)19(18(24)11-15)29-12-14-6-4-13(2)5-7-14/h3-7,9-11H,1,8,12H2,2H3,(H,25,27,30)/b16-9+. The lowest BCUT2D eigenvalue weighted by molar-refractivity contribution is -0.128. The second-order valence-corrected chi connectivity index (χ2v) is 9.01. The Balaban J connectivity index is 1.84. The highest BCUT2D eigenvalue weighted by atomic mass is 127. The van der Waals surface area contributed by atoms with Gasteiger partial charge >= 0.3 is 0 Å². The molecule has 1 aliphatic rings. The fourth-order valence-corrected chi connectivity index (χ4v) is 4.82. The average Bonchev–Trinajstić information content (AvgIpc) is 2.69. The molecule has 0 atom stereocenters. The van der Waals surface area contributed by atoms with Crippen molar-refractivity contribution in [2.45, 2.75) is 13.5 Å². The molecule has 5 nitrogen and oxygen atoms in total. The predicted octanol–water partition coefficient (Wildman–Crippen LogP) is 4.75. The molecule has 0 unspecified atom stereocenters. The topological polar surface area (TPSA) is 58.6 Å². The minimum Gasteiger partial charge on any atom is -0.487 e. The fourth-order valence-electron chi connectivity index (χ4n) is 2.80. The highest BCUT2D eigenvalue weighted by molar-refractivity contribution is 14.1. The Hall–Kier alpha value is -2.04. The Morgan fingerprint density at radius 2 is 1.97 bits per heavy atom. The second kappa shape index (κ2) is 9.84. The molecular formula is C22H18BrIN2O3S. The minimum atomic E-state index is -0.517. The van der Waals surface area contributed by atoms with Crippen LogP contribution in [0.5, 0.6) is 5.75 Å². The van der Waals surface area contributed by atoms with Gasteiger partial charge < -0.3 is 4.74 Å². The summed E-state index contributed by atoms with van der Waals surface area (Å²) in [4.78, 5) is 26.3. The fraction of sp³-hybridized carbons (Fsp3) is 0.136. The Morgan fingerprint density at radius 1 is 1.27 bits per heavy atom. The molecule has 1 saturated heterocycles. The summed E-state index contributed by atoms with van der Waals surface area (Å²) in [7, 11) is 0. The largest absolute Gasteiger partial charge is 0.487 e. The van der Waals surface area contributed by atoms with E-state index in [1.165, 1.54) is 10.5 Å². The number of aryl methyl sites for hydroxylation is 1. The van der Waals surface area contributed by atoms with Gasteiger partial charge in [-0.2, -0.15) is 0 Å². The van der Waals surface area contributed by atoms with Crippen molar-refractivity contribution < 1.29 is 14.3 Å². The highest BCUT2D eigenvalue weighted by Gasteiger charge is 2.32. The Morgan fingerprint density at radius 3 is 2.60 bits per heavy atom. The highest BCUT2D eigenvalue weighted by Crippen LogP contribution is 2.33. The van der Waals surface area contributed by atoms with Crippen LogP contribution >= 0.6 is 50.7 Å². The Kier molecular flexibility index (Phi) is 7.43. The molecule has 154 valence electrons. The van der Waals surface area contributed by atoms with E-state index in [0.29, 0.717) is 17.9 Å². The van der Waals surface area contributed by atoms with Crippen molar-refractivity contribution in [3.63, 3.8) is 0 Å². The first-order valence-electron chi connectivity index (χ1n) is 8.97. The van der Waals surface area contributed by atoms with E-state index in [0.717, 1.165) is 13.6 Å². The first kappa shape index (κ1) is 22.6. The van der Waals surface area contributed by atoms with Crippen LogP contribution in [0.4, 0.5) is 0 Å². The van der Waals surface area contributed by atoms with E-state index in [4.69, 9.17) is 17.0 Å². The zero-order valence-corrected chi connectivity index (χ0v) is 20.6. The van der Waals surface area contributed by atoms with Crippen LogP contribution in [-0.4, -0.2) is 28.4 Å². The average molecular weight is 597 g/mol. The lowest BCUT2D eigenvalue weighted by atomic mass is 10.1. The van der Waals surface area contributed by atoms with Crippen LogP contribution in [0, 0.1) is 10.5 Å². The maximum absolute atomic E-state index is 12.7. The number of ether oxygens (including phenoxy) is 1. The van der Waals surface area contributed by atoms with Crippen molar-refractivity contribution in [1.29, 1.82) is 0 Å². The van der Waals surface area contributed by atoms with Crippen LogP contribution in [-0.2, 0) is 16.2 Å². The second-order valence-electron chi connectivity index (χ2n) is 6.61. The predicted molar refractivity (Wildman–Crippen MR) is 133 cm³/mol. The van der Waals surface area contributed by atoms with Crippen molar-refractivity contribution >= 4 is 73.7 Å². The van der Waals surface area contributed by atoms with Crippen LogP contribution < -0.4 is 10.1 Å². The molecule has 1 N–H and O–H groups in total. The van der Waals surface area contributed by atoms with E-state index >= 15 is 0 Å². The van der Waals surface area contributed by atoms with Gasteiger partial charge in [0.1, 0.15) is 17.9 Å².